The Morgan fingerprint density at radius 2 is 1.43 bits per heavy atom. The maximum absolute atomic E-state index is 13.0. The molecule has 0 atom stereocenters. The number of carbonyl (C=O) groups is 2. The molecule has 0 aromatic heterocycles. The molecule has 0 aliphatic carbocycles. The molecule has 0 aliphatic heterocycles. The summed E-state index contributed by atoms with van der Waals surface area (Å²) in [5.74, 6) is -1.24. The molecule has 0 radical (unpaired) electrons. The molecule has 184 valence electrons. The van der Waals surface area contributed by atoms with E-state index < -0.39 is 34.5 Å². The van der Waals surface area contributed by atoms with Crippen molar-refractivity contribution in [2.24, 2.45) is 0 Å². The molecule has 0 bridgehead atoms. The van der Waals surface area contributed by atoms with Gasteiger partial charge in [-0.1, -0.05) is 80.6 Å². The van der Waals surface area contributed by atoms with Crippen molar-refractivity contribution in [1.29, 1.82) is 0 Å². The van der Waals surface area contributed by atoms with Gasteiger partial charge in [-0.3, -0.25) is 4.79 Å². The van der Waals surface area contributed by atoms with Crippen LogP contribution in [0.4, 0.5) is 0 Å². The molecule has 1 amide bonds. The maximum Gasteiger partial charge on any atom is 0.338 e. The fourth-order valence-corrected chi connectivity index (χ4v) is 5.48. The van der Waals surface area contributed by atoms with E-state index in [-0.39, 0.29) is 10.5 Å². The number of ether oxygens (including phenoxy) is 1. The third-order valence-electron chi connectivity index (χ3n) is 5.65. The molecule has 3 rings (SSSR count). The Hall–Kier alpha value is -3.49. The lowest BCUT2D eigenvalue weighted by atomic mass is 9.99. The van der Waals surface area contributed by atoms with E-state index in [1.165, 1.54) is 16.4 Å². The number of nitrogens with zero attached hydrogens (tertiary/aromatic N) is 1. The van der Waals surface area contributed by atoms with Gasteiger partial charge in [0.15, 0.2) is 6.61 Å². The van der Waals surface area contributed by atoms with E-state index in [1.807, 2.05) is 60.7 Å². The molecule has 0 saturated carbocycles. The number of hydrogen-bond acceptors (Lipinski definition) is 5. The minimum absolute atomic E-state index is 0.0494. The molecule has 0 saturated heterocycles. The van der Waals surface area contributed by atoms with Crippen LogP contribution in [0.25, 0.3) is 0 Å². The Morgan fingerprint density at radius 1 is 0.886 bits per heavy atom. The Bertz CT molecular complexity index is 1220. The number of amides is 1. The highest BCUT2D eigenvalue weighted by molar-refractivity contribution is 7.89. The molecule has 7 nitrogen and oxygen atoms in total. The number of esters is 1. The highest BCUT2D eigenvalue weighted by Crippen LogP contribution is 2.23. The molecule has 0 heterocycles. The average Bonchev–Trinajstić information content (AvgIpc) is 2.87. The molecule has 8 heteroatoms. The first-order valence-electron chi connectivity index (χ1n) is 11.4. The predicted octanol–water partition coefficient (Wildman–Crippen LogP) is 4.09. The second-order valence-corrected chi connectivity index (χ2v) is 9.87. The minimum atomic E-state index is -3.75. The van der Waals surface area contributed by atoms with Crippen molar-refractivity contribution in [3.63, 3.8) is 0 Å². The largest absolute Gasteiger partial charge is 0.452 e. The van der Waals surface area contributed by atoms with Crippen LogP contribution in [0.2, 0.25) is 0 Å². The zero-order valence-electron chi connectivity index (χ0n) is 20.1. The van der Waals surface area contributed by atoms with E-state index in [9.17, 15) is 18.0 Å². The first-order chi connectivity index (χ1) is 16.8. The van der Waals surface area contributed by atoms with E-state index in [0.717, 1.165) is 11.1 Å². The number of sulfonamides is 1. The van der Waals surface area contributed by atoms with Gasteiger partial charge in [-0.25, -0.2) is 13.2 Å². The summed E-state index contributed by atoms with van der Waals surface area (Å²) < 4.78 is 32.5. The summed E-state index contributed by atoms with van der Waals surface area (Å²) in [6, 6.07) is 22.9. The maximum atomic E-state index is 13.0. The van der Waals surface area contributed by atoms with Gasteiger partial charge in [0.05, 0.1) is 16.5 Å². The fraction of sp³-hybridized carbons (Fsp3) is 0.259. The lowest BCUT2D eigenvalue weighted by Crippen LogP contribution is -2.33. The molecule has 3 aromatic carbocycles. The molecule has 1 N–H and O–H groups in total. The van der Waals surface area contributed by atoms with E-state index in [1.54, 1.807) is 26.8 Å². The number of hydrogen-bond donors (Lipinski definition) is 1. The van der Waals surface area contributed by atoms with Crippen LogP contribution in [-0.4, -0.2) is 44.3 Å². The van der Waals surface area contributed by atoms with Crippen molar-refractivity contribution in [2.45, 2.75) is 31.7 Å². The zero-order valence-corrected chi connectivity index (χ0v) is 20.9. The lowest BCUT2D eigenvalue weighted by molar-refractivity contribution is -0.124. The average molecular weight is 495 g/mol. The number of benzene rings is 3. The standard InChI is InChI=1S/C27H30N2O5S/c1-4-29(5-2)35(32,33)24-18-23(17-16-20(24)3)27(31)34-19-25(30)28-26(21-12-8-6-9-13-21)22-14-10-7-11-15-22/h6-18,26H,4-5,19H2,1-3H3,(H,28,30). The van der Waals surface area contributed by atoms with Gasteiger partial charge in [-0.2, -0.15) is 4.31 Å². The molecule has 0 spiro atoms. The summed E-state index contributed by atoms with van der Waals surface area (Å²) in [6.07, 6.45) is 0. The predicted molar refractivity (Wildman–Crippen MR) is 134 cm³/mol. The first kappa shape index (κ1) is 26.1. The Morgan fingerprint density at radius 3 is 1.94 bits per heavy atom. The van der Waals surface area contributed by atoms with Crippen molar-refractivity contribution in [1.82, 2.24) is 9.62 Å². The monoisotopic (exact) mass is 494 g/mol. The topological polar surface area (TPSA) is 92.8 Å². The number of aryl methyl sites for hydroxylation is 1. The molecule has 0 fully saturated rings. The van der Waals surface area contributed by atoms with Gasteiger partial charge in [0.25, 0.3) is 5.91 Å². The normalized spacial score (nSPS) is 11.5. The molecule has 3 aromatic rings. The summed E-state index contributed by atoms with van der Waals surface area (Å²) >= 11 is 0. The van der Waals surface area contributed by atoms with E-state index >= 15 is 0 Å². The molecule has 0 unspecified atom stereocenters. The van der Waals surface area contributed by atoms with Gasteiger partial charge >= 0.3 is 5.97 Å². The van der Waals surface area contributed by atoms with Crippen LogP contribution in [0.3, 0.4) is 0 Å². The smallest absolute Gasteiger partial charge is 0.338 e. The van der Waals surface area contributed by atoms with Crippen molar-refractivity contribution >= 4 is 21.9 Å². The fourth-order valence-electron chi connectivity index (χ4n) is 3.77. The summed E-state index contributed by atoms with van der Waals surface area (Å²) in [5.41, 5.74) is 2.38. The van der Waals surface area contributed by atoms with Crippen molar-refractivity contribution in [2.75, 3.05) is 19.7 Å². The zero-order chi connectivity index (χ0) is 25.4. The van der Waals surface area contributed by atoms with Crippen molar-refractivity contribution < 1.29 is 22.7 Å². The third kappa shape index (κ3) is 6.35. The van der Waals surface area contributed by atoms with Crippen LogP contribution >= 0.6 is 0 Å². The quantitative estimate of drug-likeness (QED) is 0.429. The van der Waals surface area contributed by atoms with Crippen LogP contribution in [0, 0.1) is 6.92 Å². The van der Waals surface area contributed by atoms with E-state index in [2.05, 4.69) is 5.32 Å². The first-order valence-corrected chi connectivity index (χ1v) is 12.9. The molecular formula is C27H30N2O5S. The summed E-state index contributed by atoms with van der Waals surface area (Å²) in [5, 5.41) is 2.91. The Labute approximate surface area is 206 Å². The van der Waals surface area contributed by atoms with Crippen molar-refractivity contribution in [3.8, 4) is 0 Å². The number of rotatable bonds is 10. The minimum Gasteiger partial charge on any atom is -0.452 e. The Balaban J connectivity index is 1.73. The Kier molecular flexibility index (Phi) is 8.78. The van der Waals surface area contributed by atoms with Gasteiger partial charge in [-0.15, -0.1) is 0 Å². The van der Waals surface area contributed by atoms with Crippen LogP contribution in [0.5, 0.6) is 0 Å². The van der Waals surface area contributed by atoms with Crippen LogP contribution in [-0.2, 0) is 19.6 Å². The van der Waals surface area contributed by atoms with E-state index in [4.69, 9.17) is 4.74 Å². The number of carbonyl (C=O) groups excluding carboxylic acids is 2. The third-order valence-corrected chi connectivity index (χ3v) is 7.84. The summed E-state index contributed by atoms with van der Waals surface area (Å²) in [4.78, 5) is 25.4. The van der Waals surface area contributed by atoms with Crippen LogP contribution < -0.4 is 5.32 Å². The van der Waals surface area contributed by atoms with Gasteiger partial charge in [0.2, 0.25) is 10.0 Å². The SMILES string of the molecule is CCN(CC)S(=O)(=O)c1cc(C(=O)OCC(=O)NC(c2ccccc2)c2ccccc2)ccc1C. The lowest BCUT2D eigenvalue weighted by Gasteiger charge is -2.20. The van der Waals surface area contributed by atoms with Crippen LogP contribution in [0.15, 0.2) is 83.8 Å². The van der Waals surface area contributed by atoms with Crippen molar-refractivity contribution in [3.05, 3.63) is 101 Å². The molecular weight excluding hydrogens is 464 g/mol. The molecule has 0 aliphatic rings. The van der Waals surface area contributed by atoms with Gasteiger partial charge in [0.1, 0.15) is 0 Å². The second kappa shape index (κ2) is 11.8. The number of nitrogens with one attached hydrogen (secondary N) is 1. The molecule has 35 heavy (non-hydrogen) atoms. The van der Waals surface area contributed by atoms with Gasteiger partial charge in [-0.05, 0) is 35.7 Å². The van der Waals surface area contributed by atoms with E-state index in [0.29, 0.717) is 18.7 Å². The second-order valence-electron chi connectivity index (χ2n) is 7.97. The highest BCUT2D eigenvalue weighted by atomic mass is 32.2. The highest BCUT2D eigenvalue weighted by Gasteiger charge is 2.25. The summed E-state index contributed by atoms with van der Waals surface area (Å²) in [6.45, 7) is 5.32. The van der Waals surface area contributed by atoms with Gasteiger partial charge in [0, 0.05) is 13.1 Å². The van der Waals surface area contributed by atoms with Crippen LogP contribution in [0.1, 0.15) is 46.9 Å². The van der Waals surface area contributed by atoms with Gasteiger partial charge < -0.3 is 10.1 Å². The summed E-state index contributed by atoms with van der Waals surface area (Å²) in [7, 11) is -3.75.